The Morgan fingerprint density at radius 2 is 2.00 bits per heavy atom. The summed E-state index contributed by atoms with van der Waals surface area (Å²) in [4.78, 5) is 1.20. The molecule has 0 saturated heterocycles. The van der Waals surface area contributed by atoms with Crippen LogP contribution < -0.4 is 0 Å². The van der Waals surface area contributed by atoms with Gasteiger partial charge in [0.1, 0.15) is 5.03 Å². The van der Waals surface area contributed by atoms with Gasteiger partial charge >= 0.3 is 0 Å². The van der Waals surface area contributed by atoms with Gasteiger partial charge in [-0.15, -0.1) is 10.2 Å². The highest BCUT2D eigenvalue weighted by atomic mass is 32.2. The van der Waals surface area contributed by atoms with Gasteiger partial charge in [0.2, 0.25) is 0 Å². The Labute approximate surface area is 86.6 Å². The fourth-order valence-electron chi connectivity index (χ4n) is 1.07. The van der Waals surface area contributed by atoms with Crippen molar-refractivity contribution in [3.8, 4) is 0 Å². The fraction of sp³-hybridized carbons (Fsp3) is 0.100. The van der Waals surface area contributed by atoms with Crippen LogP contribution in [0.3, 0.4) is 0 Å². The molecule has 0 spiro atoms. The summed E-state index contributed by atoms with van der Waals surface area (Å²) < 4.78 is 0. The van der Waals surface area contributed by atoms with Gasteiger partial charge in [0.15, 0.2) is 0 Å². The molecule has 1 heterocycles. The predicted octanol–water partition coefficient (Wildman–Crippen LogP) is 2.33. The molecule has 0 unspecified atom stereocenters. The maximum atomic E-state index is 3.92. The van der Waals surface area contributed by atoms with Crippen molar-refractivity contribution in [3.63, 3.8) is 0 Å². The topological polar surface area (TPSA) is 38.7 Å². The molecule has 2 rings (SSSR count). The van der Waals surface area contributed by atoms with E-state index in [0.717, 1.165) is 5.03 Å². The van der Waals surface area contributed by atoms with Gasteiger partial charge in [-0.25, -0.2) is 0 Å². The van der Waals surface area contributed by atoms with Crippen LogP contribution in [0.15, 0.2) is 46.5 Å². The molecule has 1 aromatic carbocycles. The molecule has 0 aliphatic carbocycles. The van der Waals surface area contributed by atoms with Crippen molar-refractivity contribution >= 4 is 11.8 Å². The van der Waals surface area contributed by atoms with Crippen molar-refractivity contribution in [2.24, 2.45) is 0 Å². The van der Waals surface area contributed by atoms with Crippen LogP contribution in [-0.2, 0) is 0 Å². The summed E-state index contributed by atoms with van der Waals surface area (Å²) >= 11 is 1.60. The maximum absolute atomic E-state index is 3.92. The molecule has 4 heteroatoms. The second-order valence-corrected chi connectivity index (χ2v) is 3.89. The molecule has 2 aromatic rings. The molecule has 14 heavy (non-hydrogen) atoms. The van der Waals surface area contributed by atoms with Crippen LogP contribution in [0.4, 0.5) is 0 Å². The molecule has 0 saturated carbocycles. The minimum Gasteiger partial charge on any atom is -0.139 e. The van der Waals surface area contributed by atoms with Gasteiger partial charge in [0, 0.05) is 4.90 Å². The van der Waals surface area contributed by atoms with E-state index in [1.165, 1.54) is 10.5 Å². The van der Waals surface area contributed by atoms with Crippen LogP contribution in [0.2, 0.25) is 0 Å². The van der Waals surface area contributed by atoms with Gasteiger partial charge in [0.05, 0.1) is 6.20 Å². The highest BCUT2D eigenvalue weighted by Crippen LogP contribution is 2.27. The first-order chi connectivity index (χ1) is 6.86. The van der Waals surface area contributed by atoms with Crippen molar-refractivity contribution in [1.29, 1.82) is 0 Å². The van der Waals surface area contributed by atoms with E-state index in [1.807, 2.05) is 18.2 Å². The zero-order valence-corrected chi connectivity index (χ0v) is 8.53. The normalized spacial score (nSPS) is 10.1. The summed E-state index contributed by atoms with van der Waals surface area (Å²) in [6, 6.07) is 10.0. The van der Waals surface area contributed by atoms with Gasteiger partial charge in [-0.2, -0.15) is 0 Å². The lowest BCUT2D eigenvalue weighted by molar-refractivity contribution is 0.804. The van der Waals surface area contributed by atoms with Gasteiger partial charge in [-0.1, -0.05) is 30.0 Å². The lowest BCUT2D eigenvalue weighted by atomic mass is 10.2. The van der Waals surface area contributed by atoms with Crippen LogP contribution in [0.25, 0.3) is 0 Å². The molecule has 0 radical (unpaired) electrons. The Morgan fingerprint density at radius 1 is 1.14 bits per heavy atom. The van der Waals surface area contributed by atoms with Gasteiger partial charge in [0.25, 0.3) is 0 Å². The number of nitrogens with zero attached hydrogens (tertiary/aromatic N) is 3. The second kappa shape index (κ2) is 4.19. The minimum absolute atomic E-state index is 0.870. The lowest BCUT2D eigenvalue weighted by Gasteiger charge is -2.02. The van der Waals surface area contributed by atoms with E-state index in [9.17, 15) is 0 Å². The summed E-state index contributed by atoms with van der Waals surface area (Å²) in [5.74, 6) is 0. The molecular formula is C10H9N3S. The Kier molecular flexibility index (Phi) is 2.74. The molecular weight excluding hydrogens is 194 g/mol. The molecule has 70 valence electrons. The molecule has 0 aliphatic rings. The van der Waals surface area contributed by atoms with E-state index in [0.29, 0.717) is 0 Å². The third-order valence-electron chi connectivity index (χ3n) is 1.79. The largest absolute Gasteiger partial charge is 0.139 e. The molecule has 0 fully saturated rings. The number of benzene rings is 1. The molecule has 0 bridgehead atoms. The monoisotopic (exact) mass is 203 g/mol. The molecule has 0 atom stereocenters. The summed E-state index contributed by atoms with van der Waals surface area (Å²) in [6.07, 6.45) is 1.65. The van der Waals surface area contributed by atoms with Crippen LogP contribution >= 0.6 is 11.8 Å². The molecule has 0 N–H and O–H groups in total. The van der Waals surface area contributed by atoms with E-state index in [4.69, 9.17) is 0 Å². The first kappa shape index (κ1) is 9.15. The van der Waals surface area contributed by atoms with E-state index in [2.05, 4.69) is 34.5 Å². The number of aryl methyl sites for hydroxylation is 1. The number of hydrogen-bond acceptors (Lipinski definition) is 4. The van der Waals surface area contributed by atoms with Crippen molar-refractivity contribution in [2.75, 3.05) is 0 Å². The molecule has 0 aliphatic heterocycles. The van der Waals surface area contributed by atoms with Crippen molar-refractivity contribution in [1.82, 2.24) is 15.4 Å². The third-order valence-corrected chi connectivity index (χ3v) is 2.89. The van der Waals surface area contributed by atoms with Gasteiger partial charge in [-0.05, 0) is 29.8 Å². The van der Waals surface area contributed by atoms with Crippen LogP contribution in [0.1, 0.15) is 5.56 Å². The van der Waals surface area contributed by atoms with Crippen LogP contribution in [0.5, 0.6) is 0 Å². The van der Waals surface area contributed by atoms with E-state index >= 15 is 0 Å². The van der Waals surface area contributed by atoms with E-state index in [-0.39, 0.29) is 0 Å². The Balaban J connectivity index is 2.24. The third kappa shape index (κ3) is 2.09. The van der Waals surface area contributed by atoms with Gasteiger partial charge < -0.3 is 0 Å². The number of rotatable bonds is 2. The van der Waals surface area contributed by atoms with E-state index in [1.54, 1.807) is 18.0 Å². The average Bonchev–Trinajstić information content (AvgIpc) is 2.23. The van der Waals surface area contributed by atoms with Crippen LogP contribution in [0, 0.1) is 6.92 Å². The summed E-state index contributed by atoms with van der Waals surface area (Å²) in [6.45, 7) is 2.08. The second-order valence-electron chi connectivity index (χ2n) is 2.83. The van der Waals surface area contributed by atoms with Crippen molar-refractivity contribution in [3.05, 3.63) is 42.1 Å². The maximum Gasteiger partial charge on any atom is 0.127 e. The predicted molar refractivity (Wildman–Crippen MR) is 55.1 cm³/mol. The number of hydrogen-bond donors (Lipinski definition) is 0. The van der Waals surface area contributed by atoms with E-state index < -0.39 is 0 Å². The number of aromatic nitrogens is 3. The molecule has 3 nitrogen and oxygen atoms in total. The zero-order chi connectivity index (χ0) is 9.80. The smallest absolute Gasteiger partial charge is 0.127 e. The fourth-order valence-corrected chi connectivity index (χ4v) is 1.88. The first-order valence-corrected chi connectivity index (χ1v) is 5.06. The average molecular weight is 203 g/mol. The Morgan fingerprint density at radius 3 is 2.71 bits per heavy atom. The zero-order valence-electron chi connectivity index (χ0n) is 7.71. The summed E-state index contributed by atoms with van der Waals surface area (Å²) in [5, 5.41) is 12.0. The van der Waals surface area contributed by atoms with Crippen molar-refractivity contribution in [2.45, 2.75) is 16.8 Å². The van der Waals surface area contributed by atoms with Gasteiger partial charge in [-0.3, -0.25) is 0 Å². The highest BCUT2D eigenvalue weighted by Gasteiger charge is 2.00. The lowest BCUT2D eigenvalue weighted by Crippen LogP contribution is -1.87. The standard InChI is InChI=1S/C10H9N3S/c1-8-4-2-3-5-9(8)14-10-6-7-11-13-12-10/h2-7H,1H3. The molecule has 0 amide bonds. The quantitative estimate of drug-likeness (QED) is 0.751. The summed E-state index contributed by atoms with van der Waals surface area (Å²) in [5.41, 5.74) is 1.25. The van der Waals surface area contributed by atoms with Crippen LogP contribution in [-0.4, -0.2) is 15.4 Å². The van der Waals surface area contributed by atoms with Crippen molar-refractivity contribution < 1.29 is 0 Å². The summed E-state index contributed by atoms with van der Waals surface area (Å²) in [7, 11) is 0. The first-order valence-electron chi connectivity index (χ1n) is 4.24. The Hall–Kier alpha value is -1.42. The SMILES string of the molecule is Cc1ccccc1Sc1ccnnn1. The molecule has 1 aromatic heterocycles. The highest BCUT2D eigenvalue weighted by molar-refractivity contribution is 7.99. The Bertz CT molecular complexity index is 417. The minimum atomic E-state index is 0.870.